The molecule has 2 amide bonds. The molecule has 1 saturated heterocycles. The number of piperazine rings is 1. The second kappa shape index (κ2) is 9.77. The molecule has 1 aliphatic rings. The third-order valence-electron chi connectivity index (χ3n) is 6.20. The maximum Gasteiger partial charge on any atom is 0.317 e. The van der Waals surface area contributed by atoms with Crippen molar-refractivity contribution in [3.8, 4) is 0 Å². The molecule has 1 fully saturated rings. The number of hydrogen-bond acceptors (Lipinski definition) is 3. The first kappa shape index (κ1) is 21.1. The number of para-hydroxylation sites is 2. The van der Waals surface area contributed by atoms with Crippen LogP contribution in [0.4, 0.5) is 10.7 Å². The van der Waals surface area contributed by atoms with Crippen LogP contribution >= 0.6 is 0 Å². The van der Waals surface area contributed by atoms with Crippen molar-refractivity contribution in [2.45, 2.75) is 13.0 Å². The van der Waals surface area contributed by atoms with E-state index in [0.29, 0.717) is 19.6 Å². The van der Waals surface area contributed by atoms with Crippen LogP contribution < -0.4 is 10.2 Å². The number of nitrogens with one attached hydrogen (secondary N) is 1. The van der Waals surface area contributed by atoms with Crippen molar-refractivity contribution in [1.29, 1.82) is 0 Å². The highest BCUT2D eigenvalue weighted by Crippen LogP contribution is 2.25. The van der Waals surface area contributed by atoms with Crippen molar-refractivity contribution in [3.05, 3.63) is 96.1 Å². The van der Waals surface area contributed by atoms with Gasteiger partial charge in [0.2, 0.25) is 5.95 Å². The highest BCUT2D eigenvalue weighted by atomic mass is 16.2. The van der Waals surface area contributed by atoms with E-state index in [4.69, 9.17) is 4.98 Å². The molecule has 1 N–H and O–H groups in total. The Hall–Kier alpha value is -3.80. The fourth-order valence-electron chi connectivity index (χ4n) is 4.41. The molecule has 0 radical (unpaired) electrons. The van der Waals surface area contributed by atoms with Gasteiger partial charge in [-0.25, -0.2) is 9.78 Å². The van der Waals surface area contributed by atoms with E-state index in [1.165, 1.54) is 11.1 Å². The molecule has 1 aliphatic heterocycles. The molecule has 0 unspecified atom stereocenters. The summed E-state index contributed by atoms with van der Waals surface area (Å²) >= 11 is 0. The Bertz CT molecular complexity index is 1200. The molecule has 6 nitrogen and oxygen atoms in total. The molecule has 0 atom stereocenters. The zero-order valence-electron chi connectivity index (χ0n) is 18.7. The van der Waals surface area contributed by atoms with Crippen molar-refractivity contribution < 1.29 is 4.79 Å². The maximum absolute atomic E-state index is 12.7. The summed E-state index contributed by atoms with van der Waals surface area (Å²) in [6.45, 7) is 4.33. The summed E-state index contributed by atoms with van der Waals surface area (Å²) in [5.41, 5.74) is 4.63. The standard InChI is InChI=1S/C27H29N5O/c33-27(28-16-15-22-9-3-1-4-10-22)31-19-17-30(18-20-31)26-29-24-13-7-8-14-25(24)32(26)21-23-11-5-2-6-12-23/h1-14H,15-21H2,(H,28,33). The lowest BCUT2D eigenvalue weighted by molar-refractivity contribution is 0.194. The van der Waals surface area contributed by atoms with Crippen LogP contribution in [0.15, 0.2) is 84.9 Å². The van der Waals surface area contributed by atoms with Crippen LogP contribution in [0.25, 0.3) is 11.0 Å². The smallest absolute Gasteiger partial charge is 0.317 e. The third kappa shape index (κ3) is 4.85. The first-order valence-corrected chi connectivity index (χ1v) is 11.6. The largest absolute Gasteiger partial charge is 0.339 e. The zero-order chi connectivity index (χ0) is 22.5. The molecule has 0 aliphatic carbocycles. The fourth-order valence-corrected chi connectivity index (χ4v) is 4.41. The number of nitrogens with zero attached hydrogens (tertiary/aromatic N) is 4. The molecule has 0 spiro atoms. The van der Waals surface area contributed by atoms with Crippen LogP contribution in [-0.2, 0) is 13.0 Å². The number of imidazole rings is 1. The Labute approximate surface area is 194 Å². The van der Waals surface area contributed by atoms with Crippen LogP contribution in [0.2, 0.25) is 0 Å². The number of fused-ring (bicyclic) bond motifs is 1. The number of benzene rings is 3. The molecule has 3 aromatic carbocycles. The second-order valence-electron chi connectivity index (χ2n) is 8.41. The van der Waals surface area contributed by atoms with Crippen molar-refractivity contribution >= 4 is 23.0 Å². The SMILES string of the molecule is O=C(NCCc1ccccc1)N1CCN(c2nc3ccccc3n2Cc2ccccc2)CC1. The lowest BCUT2D eigenvalue weighted by Crippen LogP contribution is -2.52. The predicted molar refractivity (Wildman–Crippen MR) is 133 cm³/mol. The first-order valence-electron chi connectivity index (χ1n) is 11.6. The van der Waals surface area contributed by atoms with Gasteiger partial charge in [0.1, 0.15) is 0 Å². The first-order chi connectivity index (χ1) is 16.3. The Balaban J connectivity index is 1.24. The molecular formula is C27H29N5O. The van der Waals surface area contributed by atoms with Gasteiger partial charge in [0.15, 0.2) is 0 Å². The van der Waals surface area contributed by atoms with Crippen molar-refractivity contribution in [2.24, 2.45) is 0 Å². The molecular weight excluding hydrogens is 410 g/mol. The van der Waals surface area contributed by atoms with E-state index in [1.807, 2.05) is 35.2 Å². The fraction of sp³-hybridized carbons (Fsp3) is 0.259. The van der Waals surface area contributed by atoms with E-state index < -0.39 is 0 Å². The van der Waals surface area contributed by atoms with E-state index in [9.17, 15) is 4.79 Å². The third-order valence-corrected chi connectivity index (χ3v) is 6.20. The summed E-state index contributed by atoms with van der Waals surface area (Å²) in [5, 5.41) is 3.07. The molecule has 33 heavy (non-hydrogen) atoms. The topological polar surface area (TPSA) is 53.4 Å². The van der Waals surface area contributed by atoms with Gasteiger partial charge in [-0.15, -0.1) is 0 Å². The van der Waals surface area contributed by atoms with Crippen LogP contribution in [0, 0.1) is 0 Å². The van der Waals surface area contributed by atoms with Gasteiger partial charge in [-0.3, -0.25) is 0 Å². The Morgan fingerprint density at radius 1 is 0.788 bits per heavy atom. The number of carbonyl (C=O) groups is 1. The summed E-state index contributed by atoms with van der Waals surface area (Å²) in [7, 11) is 0. The van der Waals surface area contributed by atoms with Gasteiger partial charge in [-0.2, -0.15) is 0 Å². The highest BCUT2D eigenvalue weighted by molar-refractivity contribution is 5.79. The number of carbonyl (C=O) groups excluding carboxylic acids is 1. The number of urea groups is 1. The summed E-state index contributed by atoms with van der Waals surface area (Å²) in [4.78, 5) is 21.8. The van der Waals surface area contributed by atoms with Crippen molar-refractivity contribution in [1.82, 2.24) is 19.8 Å². The van der Waals surface area contributed by atoms with Gasteiger partial charge in [0, 0.05) is 32.7 Å². The van der Waals surface area contributed by atoms with E-state index in [0.717, 1.165) is 43.0 Å². The second-order valence-corrected chi connectivity index (χ2v) is 8.41. The Morgan fingerprint density at radius 3 is 2.15 bits per heavy atom. The summed E-state index contributed by atoms with van der Waals surface area (Å²) < 4.78 is 2.29. The summed E-state index contributed by atoms with van der Waals surface area (Å²) in [6, 6.07) is 29.0. The average molecular weight is 440 g/mol. The summed E-state index contributed by atoms with van der Waals surface area (Å²) in [6.07, 6.45) is 0.843. The number of anilines is 1. The van der Waals surface area contributed by atoms with Gasteiger partial charge in [-0.1, -0.05) is 72.8 Å². The van der Waals surface area contributed by atoms with Crippen molar-refractivity contribution in [3.63, 3.8) is 0 Å². The quantitative estimate of drug-likeness (QED) is 0.491. The Kier molecular flexibility index (Phi) is 6.24. The lowest BCUT2D eigenvalue weighted by atomic mass is 10.1. The zero-order valence-corrected chi connectivity index (χ0v) is 18.7. The number of hydrogen-bond donors (Lipinski definition) is 1. The minimum Gasteiger partial charge on any atom is -0.339 e. The van der Waals surface area contributed by atoms with Gasteiger partial charge in [0.25, 0.3) is 0 Å². The molecule has 2 heterocycles. The molecule has 0 saturated carbocycles. The molecule has 5 rings (SSSR count). The Morgan fingerprint density at radius 2 is 1.42 bits per heavy atom. The number of rotatable bonds is 6. The van der Waals surface area contributed by atoms with Gasteiger partial charge >= 0.3 is 6.03 Å². The van der Waals surface area contributed by atoms with Crippen LogP contribution in [-0.4, -0.2) is 53.2 Å². The minimum atomic E-state index is 0.0170. The van der Waals surface area contributed by atoms with E-state index >= 15 is 0 Å². The number of amides is 2. The van der Waals surface area contributed by atoms with Crippen molar-refractivity contribution in [2.75, 3.05) is 37.6 Å². The monoisotopic (exact) mass is 439 g/mol. The van der Waals surface area contributed by atoms with Crippen LogP contribution in [0.1, 0.15) is 11.1 Å². The van der Waals surface area contributed by atoms with E-state index in [-0.39, 0.29) is 6.03 Å². The lowest BCUT2D eigenvalue weighted by Gasteiger charge is -2.35. The predicted octanol–water partition coefficient (Wildman–Crippen LogP) is 4.16. The molecule has 6 heteroatoms. The molecule has 0 bridgehead atoms. The maximum atomic E-state index is 12.7. The van der Waals surface area contributed by atoms with E-state index in [2.05, 4.69) is 69.4 Å². The molecule has 168 valence electrons. The highest BCUT2D eigenvalue weighted by Gasteiger charge is 2.24. The van der Waals surface area contributed by atoms with Gasteiger partial charge in [0.05, 0.1) is 17.6 Å². The molecule has 1 aromatic heterocycles. The van der Waals surface area contributed by atoms with E-state index in [1.54, 1.807) is 0 Å². The van der Waals surface area contributed by atoms with Gasteiger partial charge < -0.3 is 19.7 Å². The van der Waals surface area contributed by atoms with Crippen LogP contribution in [0.3, 0.4) is 0 Å². The summed E-state index contributed by atoms with van der Waals surface area (Å²) in [5.74, 6) is 0.976. The number of aromatic nitrogens is 2. The molecule has 4 aromatic rings. The van der Waals surface area contributed by atoms with Crippen LogP contribution in [0.5, 0.6) is 0 Å². The minimum absolute atomic E-state index is 0.0170. The van der Waals surface area contributed by atoms with Gasteiger partial charge in [-0.05, 0) is 29.7 Å². The average Bonchev–Trinajstić information content (AvgIpc) is 3.24. The normalized spacial score (nSPS) is 13.9.